The predicted molar refractivity (Wildman–Crippen MR) is 182 cm³/mol. The van der Waals surface area contributed by atoms with Gasteiger partial charge in [-0.3, -0.25) is 14.5 Å². The molecular formula is C37H32N4O5S. The van der Waals surface area contributed by atoms with E-state index >= 15 is 0 Å². The third-order valence-corrected chi connectivity index (χ3v) is 9.33. The number of carbonyl (C=O) groups excluding carboxylic acids is 2. The normalized spacial score (nSPS) is 16.0. The summed E-state index contributed by atoms with van der Waals surface area (Å²) in [6.07, 6.45) is 1.85. The number of fused-ring (bicyclic) bond motifs is 2. The summed E-state index contributed by atoms with van der Waals surface area (Å²) in [4.78, 5) is 38.8. The van der Waals surface area contributed by atoms with Gasteiger partial charge in [0.25, 0.3) is 5.78 Å². The number of anilines is 1. The molecule has 1 atom stereocenters. The van der Waals surface area contributed by atoms with E-state index in [1.165, 1.54) is 16.2 Å². The summed E-state index contributed by atoms with van der Waals surface area (Å²) in [5.74, 6) is -0.994. The van der Waals surface area contributed by atoms with Crippen LogP contribution in [0.2, 0.25) is 0 Å². The number of ketones is 1. The van der Waals surface area contributed by atoms with Gasteiger partial charge in [-0.2, -0.15) is 0 Å². The Morgan fingerprint density at radius 1 is 0.915 bits per heavy atom. The third kappa shape index (κ3) is 5.30. The van der Waals surface area contributed by atoms with E-state index in [-0.39, 0.29) is 17.0 Å². The lowest BCUT2D eigenvalue weighted by molar-refractivity contribution is -0.132. The topological polar surface area (TPSA) is 106 Å². The number of imidazole rings is 1. The van der Waals surface area contributed by atoms with Gasteiger partial charge in [-0.05, 0) is 80.3 Å². The van der Waals surface area contributed by atoms with Gasteiger partial charge in [0, 0.05) is 6.20 Å². The van der Waals surface area contributed by atoms with Gasteiger partial charge in [0.15, 0.2) is 22.4 Å². The van der Waals surface area contributed by atoms with Gasteiger partial charge in [0.2, 0.25) is 0 Å². The Bertz CT molecular complexity index is 2220. The number of pyridine rings is 1. The molecule has 1 fully saturated rings. The molecule has 0 saturated carbocycles. The molecule has 1 N–H and O–H groups in total. The highest BCUT2D eigenvalue weighted by molar-refractivity contribution is 7.22. The Labute approximate surface area is 275 Å². The molecule has 1 amide bonds. The maximum atomic E-state index is 14.0. The van der Waals surface area contributed by atoms with Crippen molar-refractivity contribution in [2.45, 2.75) is 40.3 Å². The lowest BCUT2D eigenvalue weighted by Gasteiger charge is -2.24. The van der Waals surface area contributed by atoms with Crippen LogP contribution in [0.1, 0.15) is 46.6 Å². The number of benzene rings is 3. The Balaban J connectivity index is 1.40. The largest absolute Gasteiger partial charge is 0.505 e. The molecule has 1 unspecified atom stereocenters. The smallest absolute Gasteiger partial charge is 0.301 e. The number of hydrogen-bond donors (Lipinski definition) is 1. The van der Waals surface area contributed by atoms with Crippen molar-refractivity contribution in [1.29, 1.82) is 0 Å². The predicted octanol–water partition coefficient (Wildman–Crippen LogP) is 7.47. The summed E-state index contributed by atoms with van der Waals surface area (Å²) in [6, 6.07) is 23.8. The van der Waals surface area contributed by atoms with Crippen LogP contribution in [0.5, 0.6) is 11.5 Å². The van der Waals surface area contributed by atoms with Gasteiger partial charge < -0.3 is 19.0 Å². The Hall–Kier alpha value is -5.48. The molecule has 1 aliphatic heterocycles. The van der Waals surface area contributed by atoms with Crippen LogP contribution < -0.4 is 14.4 Å². The van der Waals surface area contributed by atoms with E-state index < -0.39 is 17.7 Å². The van der Waals surface area contributed by atoms with E-state index in [9.17, 15) is 14.7 Å². The van der Waals surface area contributed by atoms with Gasteiger partial charge >= 0.3 is 5.91 Å². The van der Waals surface area contributed by atoms with Crippen LogP contribution in [0.15, 0.2) is 90.6 Å². The van der Waals surface area contributed by atoms with Crippen molar-refractivity contribution in [3.05, 3.63) is 124 Å². The van der Waals surface area contributed by atoms with Crippen molar-refractivity contribution < 1.29 is 24.2 Å². The number of rotatable bonds is 8. The summed E-state index contributed by atoms with van der Waals surface area (Å²) in [5.41, 5.74) is 5.66. The molecule has 0 aliphatic carbocycles. The van der Waals surface area contributed by atoms with Crippen molar-refractivity contribution in [3.8, 4) is 11.5 Å². The molecule has 0 radical (unpaired) electrons. The van der Waals surface area contributed by atoms with E-state index in [2.05, 4.69) is 0 Å². The summed E-state index contributed by atoms with van der Waals surface area (Å²) in [7, 11) is 0. The SMILES string of the molecule is CCOc1cc(C2/C(=C(\O)c3nc4c(C)cccn4c3C)C(=O)C(=O)N2c2nc3ccc(C)cc3s2)ccc1OCc1ccccc1. The second-order valence-electron chi connectivity index (χ2n) is 11.5. The molecule has 0 bridgehead atoms. The molecule has 4 heterocycles. The number of aliphatic hydroxyl groups is 1. The fourth-order valence-electron chi connectivity index (χ4n) is 5.96. The Morgan fingerprint density at radius 3 is 2.49 bits per heavy atom. The highest BCUT2D eigenvalue weighted by atomic mass is 32.1. The van der Waals surface area contributed by atoms with Gasteiger partial charge in [-0.1, -0.05) is 59.9 Å². The minimum absolute atomic E-state index is 0.0741. The second kappa shape index (κ2) is 12.0. The fraction of sp³-hybridized carbons (Fsp3) is 0.189. The van der Waals surface area contributed by atoms with Crippen molar-refractivity contribution in [1.82, 2.24) is 14.4 Å². The summed E-state index contributed by atoms with van der Waals surface area (Å²) in [5, 5.41) is 12.3. The number of aryl methyl sites for hydroxylation is 3. The zero-order valence-electron chi connectivity index (χ0n) is 26.4. The van der Waals surface area contributed by atoms with Gasteiger partial charge in [0.1, 0.15) is 17.9 Å². The standard InChI is InChI=1S/C37H32N4O5S/c1-5-45-28-19-25(14-16-27(28)46-20-24-11-7-6-8-12-24)32-30(33(42)31-23(4)40-17-9-10-22(3)35(40)39-31)34(43)36(44)41(32)37-38-26-15-13-21(2)18-29(26)47-37/h6-19,32,42H,5,20H2,1-4H3/b33-30+. The number of nitrogens with zero attached hydrogens (tertiary/aromatic N) is 4. The Morgan fingerprint density at radius 2 is 1.72 bits per heavy atom. The van der Waals surface area contributed by atoms with Crippen molar-refractivity contribution in [2.75, 3.05) is 11.5 Å². The summed E-state index contributed by atoms with van der Waals surface area (Å²) >= 11 is 1.32. The number of thiazole rings is 1. The van der Waals surface area contributed by atoms with Crippen molar-refractivity contribution in [3.63, 3.8) is 0 Å². The van der Waals surface area contributed by atoms with Crippen LogP contribution in [0.25, 0.3) is 21.6 Å². The zero-order chi connectivity index (χ0) is 32.8. The second-order valence-corrected chi connectivity index (χ2v) is 12.5. The highest BCUT2D eigenvalue weighted by Gasteiger charge is 2.49. The van der Waals surface area contributed by atoms with Gasteiger partial charge in [-0.25, -0.2) is 9.97 Å². The molecule has 9 nitrogen and oxygen atoms in total. The first-order valence-corrected chi connectivity index (χ1v) is 16.1. The molecule has 3 aromatic carbocycles. The molecule has 1 aliphatic rings. The summed E-state index contributed by atoms with van der Waals surface area (Å²) < 4.78 is 14.9. The summed E-state index contributed by atoms with van der Waals surface area (Å²) in [6.45, 7) is 8.30. The van der Waals surface area contributed by atoms with Gasteiger partial charge in [-0.15, -0.1) is 0 Å². The number of aromatic nitrogens is 3. The first-order chi connectivity index (χ1) is 22.7. The van der Waals surface area contributed by atoms with E-state index in [1.54, 1.807) is 18.2 Å². The Kier molecular flexibility index (Phi) is 7.73. The average molecular weight is 645 g/mol. The molecule has 3 aromatic heterocycles. The number of ether oxygens (including phenoxy) is 2. The first-order valence-electron chi connectivity index (χ1n) is 15.3. The molecule has 0 spiro atoms. The fourth-order valence-corrected chi connectivity index (χ4v) is 7.05. The molecule has 10 heteroatoms. The molecule has 236 valence electrons. The minimum atomic E-state index is -1.01. The van der Waals surface area contributed by atoms with Crippen LogP contribution in [0, 0.1) is 20.8 Å². The number of hydrogen-bond acceptors (Lipinski definition) is 8. The minimum Gasteiger partial charge on any atom is -0.505 e. The van der Waals surface area contributed by atoms with E-state index in [4.69, 9.17) is 19.4 Å². The van der Waals surface area contributed by atoms with Crippen LogP contribution in [-0.4, -0.2) is 37.8 Å². The van der Waals surface area contributed by atoms with Gasteiger partial charge in [0.05, 0.1) is 34.1 Å². The molecule has 7 rings (SSSR count). The monoisotopic (exact) mass is 644 g/mol. The lowest BCUT2D eigenvalue weighted by atomic mass is 9.96. The number of aliphatic hydroxyl groups excluding tert-OH is 1. The van der Waals surface area contributed by atoms with Crippen molar-refractivity contribution in [2.24, 2.45) is 0 Å². The molecule has 47 heavy (non-hydrogen) atoms. The lowest BCUT2D eigenvalue weighted by Crippen LogP contribution is -2.29. The third-order valence-electron chi connectivity index (χ3n) is 8.31. The number of amides is 1. The van der Waals surface area contributed by atoms with Crippen LogP contribution in [0.4, 0.5) is 5.13 Å². The van der Waals surface area contributed by atoms with E-state index in [0.29, 0.717) is 52.3 Å². The maximum Gasteiger partial charge on any atom is 0.301 e. The average Bonchev–Trinajstić information content (AvgIpc) is 3.72. The van der Waals surface area contributed by atoms with Crippen LogP contribution >= 0.6 is 11.3 Å². The molecular weight excluding hydrogens is 612 g/mol. The maximum absolute atomic E-state index is 14.0. The number of Topliss-reactive ketones (excluding diaryl/α,β-unsaturated/α-hetero) is 1. The quantitative estimate of drug-likeness (QED) is 0.104. The van der Waals surface area contributed by atoms with E-state index in [1.807, 2.05) is 99.0 Å². The number of carbonyl (C=O) groups is 2. The van der Waals surface area contributed by atoms with Crippen molar-refractivity contribution >= 4 is 49.8 Å². The zero-order valence-corrected chi connectivity index (χ0v) is 27.2. The van der Waals surface area contributed by atoms with Crippen LogP contribution in [0.3, 0.4) is 0 Å². The molecule has 1 saturated heterocycles. The molecule has 6 aromatic rings. The van der Waals surface area contributed by atoms with E-state index in [0.717, 1.165) is 21.4 Å². The highest BCUT2D eigenvalue weighted by Crippen LogP contribution is 2.46. The van der Waals surface area contributed by atoms with Crippen LogP contribution in [-0.2, 0) is 16.2 Å². The first kappa shape index (κ1) is 30.2.